The summed E-state index contributed by atoms with van der Waals surface area (Å²) in [5.41, 5.74) is 0. The minimum atomic E-state index is -3.56. The molecule has 0 heterocycles. The molecule has 0 radical (unpaired) electrons. The van der Waals surface area contributed by atoms with Crippen molar-refractivity contribution >= 4 is 57.6 Å². The van der Waals surface area contributed by atoms with E-state index < -0.39 is 40.6 Å². The Balaban J connectivity index is 5.38. The summed E-state index contributed by atoms with van der Waals surface area (Å²) < 4.78 is 3.70. The predicted octanol–water partition coefficient (Wildman–Crippen LogP) is 6.49. The van der Waals surface area contributed by atoms with E-state index in [9.17, 15) is 0 Å². The molecule has 0 N–H and O–H groups in total. The topological polar surface area (TPSA) is 0 Å². The van der Waals surface area contributed by atoms with E-state index >= 15 is 0 Å². The van der Waals surface area contributed by atoms with Crippen molar-refractivity contribution in [3.05, 3.63) is 0 Å². The van der Waals surface area contributed by atoms with Gasteiger partial charge >= 0.3 is 128 Å². The molecule has 0 bridgehead atoms. The number of halogens is 2. The molecular weight excluding hydrogens is 508 g/mol. The van der Waals surface area contributed by atoms with Gasteiger partial charge in [0.1, 0.15) is 0 Å². The van der Waals surface area contributed by atoms with Crippen molar-refractivity contribution < 1.29 is 0 Å². The maximum atomic E-state index is 7.33. The molecule has 0 rings (SSSR count). The van der Waals surface area contributed by atoms with Crippen molar-refractivity contribution in [3.63, 3.8) is 0 Å². The van der Waals surface area contributed by atoms with Crippen LogP contribution in [0.3, 0.4) is 0 Å². The van der Waals surface area contributed by atoms with Crippen molar-refractivity contribution in [1.29, 1.82) is 0 Å². The number of hydrogen-bond donors (Lipinski definition) is 0. The quantitative estimate of drug-likeness (QED) is 0.337. The third-order valence-corrected chi connectivity index (χ3v) is 83.4. The molecule has 0 aliphatic carbocycles. The van der Waals surface area contributed by atoms with Crippen LogP contribution in [0.5, 0.6) is 0 Å². The Hall–Kier alpha value is 2.11. The first-order valence-corrected chi connectivity index (χ1v) is 33.9. The molecule has 0 unspecified atom stereocenters. The SMILES string of the molecule is C[Si](C)(C)[CH2][Bi-2]([Cl])([Cl])([CH2][Si](C)(C)C)[CH2][Si](C)(C)C. The Morgan fingerprint density at radius 3 is 0.833 bits per heavy atom. The molecule has 0 spiro atoms. The molecule has 0 atom stereocenters. The van der Waals surface area contributed by atoms with E-state index in [1.54, 1.807) is 0 Å². The number of hydrogen-bond acceptors (Lipinski definition) is 0. The monoisotopic (exact) mass is 540 g/mol. The van der Waals surface area contributed by atoms with Crippen LogP contribution in [-0.4, -0.2) is 40.6 Å². The second kappa shape index (κ2) is 5.72. The van der Waals surface area contributed by atoms with Gasteiger partial charge < -0.3 is 0 Å². The van der Waals surface area contributed by atoms with Crippen molar-refractivity contribution in [1.82, 2.24) is 0 Å². The van der Waals surface area contributed by atoms with Gasteiger partial charge in [-0.05, 0) is 0 Å². The van der Waals surface area contributed by atoms with Gasteiger partial charge in [-0.2, -0.15) is 0 Å². The van der Waals surface area contributed by atoms with Crippen molar-refractivity contribution in [2.45, 2.75) is 70.2 Å². The number of rotatable bonds is 6. The van der Waals surface area contributed by atoms with Crippen LogP contribution in [0.25, 0.3) is 0 Å². The molecule has 0 amide bonds. The summed E-state index contributed by atoms with van der Waals surface area (Å²) >= 11 is -3.56. The summed E-state index contributed by atoms with van der Waals surface area (Å²) in [6, 6.07) is 0. The average molecular weight is 542 g/mol. The molecule has 0 aromatic rings. The standard InChI is InChI=1S/3C4H11Si.Bi.2ClH/c3*1-5(2,3)4;;;/h3*1H2,2-4H3;;2*1H/p-2. The minimum absolute atomic E-state index is 1.19. The van der Waals surface area contributed by atoms with Crippen LogP contribution in [0, 0.1) is 0 Å². The molecule has 0 aliphatic heterocycles. The van der Waals surface area contributed by atoms with E-state index in [2.05, 4.69) is 58.9 Å². The van der Waals surface area contributed by atoms with Crippen LogP contribution in [0.15, 0.2) is 0 Å². The molecule has 6 heteroatoms. The van der Waals surface area contributed by atoms with Gasteiger partial charge in [0.25, 0.3) is 0 Å². The molecule has 0 aliphatic rings. The van der Waals surface area contributed by atoms with Gasteiger partial charge in [-0.25, -0.2) is 0 Å². The fraction of sp³-hybridized carbons (Fsp3) is 1.00. The zero-order chi connectivity index (χ0) is 15.1. The molecule has 0 nitrogen and oxygen atoms in total. The van der Waals surface area contributed by atoms with Crippen LogP contribution < -0.4 is 0 Å². The van der Waals surface area contributed by atoms with Gasteiger partial charge in [0.05, 0.1) is 0 Å². The maximum absolute atomic E-state index is 7.33. The van der Waals surface area contributed by atoms with E-state index in [4.69, 9.17) is 17.0 Å². The van der Waals surface area contributed by atoms with Gasteiger partial charge in [-0.15, -0.1) is 0 Å². The molecule has 0 saturated heterocycles. The van der Waals surface area contributed by atoms with E-state index in [-0.39, 0.29) is 0 Å². The summed E-state index contributed by atoms with van der Waals surface area (Å²) in [6.45, 7) is 21.9. The van der Waals surface area contributed by atoms with Gasteiger partial charge in [0, 0.05) is 0 Å². The Bertz CT molecular complexity index is 250. The normalized spacial score (nSPS) is 17.4. The van der Waals surface area contributed by atoms with Gasteiger partial charge in [0.2, 0.25) is 0 Å². The van der Waals surface area contributed by atoms with E-state index in [0.29, 0.717) is 0 Å². The Morgan fingerprint density at radius 2 is 0.722 bits per heavy atom. The second-order valence-corrected chi connectivity index (χ2v) is 65.3. The predicted molar refractivity (Wildman–Crippen MR) is 102 cm³/mol. The second-order valence-electron chi connectivity index (χ2n) is 9.61. The van der Waals surface area contributed by atoms with E-state index in [1.165, 1.54) is 11.3 Å². The van der Waals surface area contributed by atoms with Crippen LogP contribution in [0.1, 0.15) is 0 Å². The van der Waals surface area contributed by atoms with Crippen LogP contribution in [0.4, 0.5) is 0 Å². The third-order valence-electron chi connectivity index (χ3n) is 2.45. The van der Waals surface area contributed by atoms with Crippen LogP contribution >= 0.6 is 17.0 Å². The van der Waals surface area contributed by atoms with Gasteiger partial charge in [-0.1, -0.05) is 0 Å². The third kappa shape index (κ3) is 9.93. The fourth-order valence-corrected chi connectivity index (χ4v) is 151. The van der Waals surface area contributed by atoms with Crippen LogP contribution in [-0.2, 0) is 0 Å². The zero-order valence-electron chi connectivity index (χ0n) is 13.8. The molecule has 0 fully saturated rings. The summed E-state index contributed by atoms with van der Waals surface area (Å²) in [7, 11) is 11.1. The summed E-state index contributed by atoms with van der Waals surface area (Å²) in [5, 5.41) is 0. The summed E-state index contributed by atoms with van der Waals surface area (Å²) in [5.74, 6) is 0. The molecule has 114 valence electrons. The molecular formula is C12H33BiCl2Si3-2. The molecule has 0 saturated carbocycles. The van der Waals surface area contributed by atoms with Crippen molar-refractivity contribution in [2.75, 3.05) is 0 Å². The van der Waals surface area contributed by atoms with E-state index in [1.807, 2.05) is 0 Å². The first kappa shape index (κ1) is 20.1. The Labute approximate surface area is 126 Å². The zero-order valence-corrected chi connectivity index (χ0v) is 21.8. The Kier molecular flexibility index (Phi) is 6.39. The van der Waals surface area contributed by atoms with Crippen molar-refractivity contribution in [2.24, 2.45) is 0 Å². The van der Waals surface area contributed by atoms with Crippen LogP contribution in [0.2, 0.25) is 70.2 Å². The summed E-state index contributed by atoms with van der Waals surface area (Å²) in [6.07, 6.45) is 0. The molecule has 18 heavy (non-hydrogen) atoms. The fourth-order valence-electron chi connectivity index (χ4n) is 3.26. The summed E-state index contributed by atoms with van der Waals surface area (Å²) in [4.78, 5) is 0. The average Bonchev–Trinajstić information content (AvgIpc) is 1.62. The molecule has 0 aromatic carbocycles. The first-order valence-electron chi connectivity index (χ1n) is 6.85. The Morgan fingerprint density at radius 1 is 0.556 bits per heavy atom. The first-order chi connectivity index (χ1) is 7.40. The van der Waals surface area contributed by atoms with Gasteiger partial charge in [-0.3, -0.25) is 0 Å². The van der Waals surface area contributed by atoms with E-state index in [0.717, 1.165) is 0 Å². The van der Waals surface area contributed by atoms with Crippen molar-refractivity contribution in [3.8, 4) is 0 Å². The molecule has 0 aromatic heterocycles. The van der Waals surface area contributed by atoms with Gasteiger partial charge in [0.15, 0.2) is 0 Å².